The summed E-state index contributed by atoms with van der Waals surface area (Å²) in [4.78, 5) is 20.9. The van der Waals surface area contributed by atoms with Crippen LogP contribution in [0.25, 0.3) is 0 Å². The molecule has 0 fully saturated rings. The van der Waals surface area contributed by atoms with Gasteiger partial charge in [-0.2, -0.15) is 5.10 Å². The summed E-state index contributed by atoms with van der Waals surface area (Å²) in [6.07, 6.45) is 2.13. The van der Waals surface area contributed by atoms with Gasteiger partial charge in [-0.3, -0.25) is 4.79 Å². The summed E-state index contributed by atoms with van der Waals surface area (Å²) in [5, 5.41) is 14.3. The SMILES string of the molecule is Cc1ccc([C@@H]2CC(=O)C(/C=N\Nc3nc(C)cc(C)n3)=C(O)C2)cc1. The third-order valence-corrected chi connectivity index (χ3v) is 4.37. The van der Waals surface area contributed by atoms with Crippen molar-refractivity contribution in [3.63, 3.8) is 0 Å². The van der Waals surface area contributed by atoms with E-state index in [-0.39, 0.29) is 23.0 Å². The Hall–Kier alpha value is -3.02. The summed E-state index contributed by atoms with van der Waals surface area (Å²) in [6.45, 7) is 5.76. The van der Waals surface area contributed by atoms with Gasteiger partial charge in [0.2, 0.25) is 5.95 Å². The number of carbonyl (C=O) groups excluding carboxylic acids is 1. The van der Waals surface area contributed by atoms with Crippen LogP contribution in [0, 0.1) is 20.8 Å². The molecule has 1 aliphatic carbocycles. The highest BCUT2D eigenvalue weighted by molar-refractivity contribution is 6.14. The minimum atomic E-state index is -0.119. The number of hydrazone groups is 1. The van der Waals surface area contributed by atoms with E-state index in [9.17, 15) is 9.90 Å². The van der Waals surface area contributed by atoms with E-state index in [1.807, 2.05) is 51.1 Å². The molecular formula is C20H22N4O2. The number of benzene rings is 1. The number of aliphatic hydroxyl groups is 1. The summed E-state index contributed by atoms with van der Waals surface area (Å²) in [5.74, 6) is 0.306. The van der Waals surface area contributed by atoms with E-state index in [2.05, 4.69) is 20.5 Å². The molecule has 1 aliphatic rings. The van der Waals surface area contributed by atoms with Crippen molar-refractivity contribution < 1.29 is 9.90 Å². The zero-order valence-electron chi connectivity index (χ0n) is 15.2. The molecule has 2 N–H and O–H groups in total. The van der Waals surface area contributed by atoms with Gasteiger partial charge in [0.1, 0.15) is 5.76 Å². The highest BCUT2D eigenvalue weighted by Gasteiger charge is 2.27. The Labute approximate surface area is 152 Å². The smallest absolute Gasteiger partial charge is 0.243 e. The van der Waals surface area contributed by atoms with Gasteiger partial charge in [0.05, 0.1) is 11.8 Å². The van der Waals surface area contributed by atoms with Crippen LogP contribution in [0.2, 0.25) is 0 Å². The summed E-state index contributed by atoms with van der Waals surface area (Å²) in [6, 6.07) is 9.92. The van der Waals surface area contributed by atoms with E-state index >= 15 is 0 Å². The molecule has 0 saturated carbocycles. The number of ketones is 1. The summed E-state index contributed by atoms with van der Waals surface area (Å²) >= 11 is 0. The van der Waals surface area contributed by atoms with Gasteiger partial charge in [0.15, 0.2) is 5.78 Å². The van der Waals surface area contributed by atoms with Gasteiger partial charge >= 0.3 is 0 Å². The van der Waals surface area contributed by atoms with Crippen LogP contribution in [-0.4, -0.2) is 27.1 Å². The van der Waals surface area contributed by atoms with Crippen molar-refractivity contribution in [3.8, 4) is 0 Å². The number of anilines is 1. The summed E-state index contributed by atoms with van der Waals surface area (Å²) < 4.78 is 0. The fourth-order valence-corrected chi connectivity index (χ4v) is 3.06. The third-order valence-electron chi connectivity index (χ3n) is 4.37. The van der Waals surface area contributed by atoms with E-state index in [0.717, 1.165) is 17.0 Å². The van der Waals surface area contributed by atoms with Gasteiger partial charge in [0, 0.05) is 24.2 Å². The predicted molar refractivity (Wildman–Crippen MR) is 101 cm³/mol. The lowest BCUT2D eigenvalue weighted by Crippen LogP contribution is -2.19. The van der Waals surface area contributed by atoms with Crippen molar-refractivity contribution >= 4 is 17.9 Å². The molecule has 6 nitrogen and oxygen atoms in total. The first kappa shape index (κ1) is 17.8. The number of aryl methyl sites for hydroxylation is 3. The van der Waals surface area contributed by atoms with E-state index in [0.29, 0.717) is 18.8 Å². The number of nitrogens with zero attached hydrogens (tertiary/aromatic N) is 3. The molecular weight excluding hydrogens is 328 g/mol. The molecule has 0 radical (unpaired) electrons. The first-order valence-electron chi connectivity index (χ1n) is 8.55. The molecule has 0 unspecified atom stereocenters. The van der Waals surface area contributed by atoms with Crippen LogP contribution >= 0.6 is 0 Å². The average molecular weight is 350 g/mol. The minimum Gasteiger partial charge on any atom is -0.511 e. The van der Waals surface area contributed by atoms with Crippen molar-refractivity contribution in [2.75, 3.05) is 5.43 Å². The molecule has 0 saturated heterocycles. The molecule has 0 bridgehead atoms. The van der Waals surface area contributed by atoms with Crippen LogP contribution in [0.4, 0.5) is 5.95 Å². The number of Topliss-reactive ketones (excluding diaryl/α,β-unsaturated/α-hetero) is 1. The molecule has 1 aromatic heterocycles. The lowest BCUT2D eigenvalue weighted by molar-refractivity contribution is -0.116. The lowest BCUT2D eigenvalue weighted by Gasteiger charge is -2.22. The first-order chi connectivity index (χ1) is 12.4. The molecule has 1 atom stereocenters. The molecule has 1 aromatic carbocycles. The monoisotopic (exact) mass is 350 g/mol. The molecule has 134 valence electrons. The van der Waals surface area contributed by atoms with Crippen LogP contribution in [0.5, 0.6) is 0 Å². The van der Waals surface area contributed by atoms with E-state index < -0.39 is 0 Å². The number of nitrogens with one attached hydrogen (secondary N) is 1. The van der Waals surface area contributed by atoms with Gasteiger partial charge in [-0.05, 0) is 38.3 Å². The quantitative estimate of drug-likeness (QED) is 0.647. The molecule has 0 spiro atoms. The van der Waals surface area contributed by atoms with Gasteiger partial charge < -0.3 is 5.11 Å². The Kier molecular flexibility index (Phi) is 5.11. The number of hydrogen-bond donors (Lipinski definition) is 2. The van der Waals surface area contributed by atoms with Gasteiger partial charge in [0.25, 0.3) is 0 Å². The third kappa shape index (κ3) is 4.14. The fraction of sp³-hybridized carbons (Fsp3) is 0.300. The minimum absolute atomic E-state index is 0.00374. The average Bonchev–Trinajstić information content (AvgIpc) is 2.57. The van der Waals surface area contributed by atoms with Gasteiger partial charge in [-0.15, -0.1) is 0 Å². The topological polar surface area (TPSA) is 87.5 Å². The molecule has 2 aromatic rings. The summed E-state index contributed by atoms with van der Waals surface area (Å²) in [5.41, 5.74) is 6.84. The van der Waals surface area contributed by atoms with Crippen LogP contribution in [0.15, 0.2) is 46.8 Å². The Morgan fingerprint density at radius 3 is 2.38 bits per heavy atom. The normalized spacial score (nSPS) is 17.8. The number of carbonyl (C=O) groups is 1. The Morgan fingerprint density at radius 2 is 1.77 bits per heavy atom. The second-order valence-corrected chi connectivity index (χ2v) is 6.64. The maximum absolute atomic E-state index is 12.4. The van der Waals surface area contributed by atoms with Crippen molar-refractivity contribution in [1.29, 1.82) is 0 Å². The van der Waals surface area contributed by atoms with Crippen molar-refractivity contribution in [1.82, 2.24) is 9.97 Å². The standard InChI is InChI=1S/C20H22N4O2/c1-12-4-6-15(7-5-12)16-9-18(25)17(19(26)10-16)11-21-24-20-22-13(2)8-14(3)23-20/h4-8,11,16,25H,9-10H2,1-3H3,(H,22,23,24)/b21-11-/t16-/m0/s1. The van der Waals surface area contributed by atoms with Crippen LogP contribution in [0.3, 0.4) is 0 Å². The van der Waals surface area contributed by atoms with Gasteiger partial charge in [-0.25, -0.2) is 15.4 Å². The zero-order chi connectivity index (χ0) is 18.7. The molecule has 0 aliphatic heterocycles. The van der Waals surface area contributed by atoms with Crippen LogP contribution < -0.4 is 5.43 Å². The molecule has 0 amide bonds. The number of rotatable bonds is 4. The highest BCUT2D eigenvalue weighted by Crippen LogP contribution is 2.33. The fourth-order valence-electron chi connectivity index (χ4n) is 3.06. The Morgan fingerprint density at radius 1 is 1.12 bits per heavy atom. The number of aliphatic hydroxyl groups excluding tert-OH is 1. The second-order valence-electron chi connectivity index (χ2n) is 6.64. The first-order valence-corrected chi connectivity index (χ1v) is 8.55. The van der Waals surface area contributed by atoms with Crippen molar-refractivity contribution in [2.45, 2.75) is 39.5 Å². The molecule has 3 rings (SSSR count). The Balaban J connectivity index is 1.72. The van der Waals surface area contributed by atoms with Crippen molar-refractivity contribution in [3.05, 3.63) is 64.2 Å². The molecule has 1 heterocycles. The van der Waals surface area contributed by atoms with Gasteiger partial charge in [-0.1, -0.05) is 29.8 Å². The largest absolute Gasteiger partial charge is 0.511 e. The number of allylic oxidation sites excluding steroid dienone is 2. The molecule has 26 heavy (non-hydrogen) atoms. The van der Waals surface area contributed by atoms with E-state index in [4.69, 9.17) is 0 Å². The predicted octanol–water partition coefficient (Wildman–Crippen LogP) is 3.76. The lowest BCUT2D eigenvalue weighted by atomic mass is 9.83. The highest BCUT2D eigenvalue weighted by atomic mass is 16.3. The maximum atomic E-state index is 12.4. The van der Waals surface area contributed by atoms with Crippen molar-refractivity contribution in [2.24, 2.45) is 5.10 Å². The second kappa shape index (κ2) is 7.47. The van der Waals surface area contributed by atoms with Crippen LogP contribution in [0.1, 0.15) is 41.3 Å². The number of hydrogen-bond acceptors (Lipinski definition) is 6. The Bertz CT molecular complexity index is 865. The van der Waals surface area contributed by atoms with Crippen LogP contribution in [-0.2, 0) is 4.79 Å². The van der Waals surface area contributed by atoms with E-state index in [1.54, 1.807) is 0 Å². The maximum Gasteiger partial charge on any atom is 0.243 e. The number of aromatic nitrogens is 2. The summed E-state index contributed by atoms with van der Waals surface area (Å²) in [7, 11) is 0. The zero-order valence-corrected chi connectivity index (χ0v) is 15.2. The molecule has 6 heteroatoms. The van der Waals surface area contributed by atoms with E-state index in [1.165, 1.54) is 11.8 Å².